The van der Waals surface area contributed by atoms with Crippen molar-refractivity contribution in [2.24, 2.45) is 12.0 Å². The van der Waals surface area contributed by atoms with E-state index in [-0.39, 0.29) is 17.6 Å². The lowest BCUT2D eigenvalue weighted by Gasteiger charge is -2.14. The third-order valence-electron chi connectivity index (χ3n) is 3.04. The van der Waals surface area contributed by atoms with Crippen molar-refractivity contribution in [1.29, 1.82) is 0 Å². The second kappa shape index (κ2) is 7.00. The number of halogens is 6. The average Bonchev–Trinajstić information content (AvgIpc) is 2.82. The minimum atomic E-state index is -1.92. The minimum absolute atomic E-state index is 0.0280. The lowest BCUT2D eigenvalue weighted by atomic mass is 10.3. The molecule has 0 aliphatic rings. The van der Waals surface area contributed by atoms with Crippen LogP contribution >= 0.6 is 80.9 Å². The minimum Gasteiger partial charge on any atom is -0.319 e. The van der Waals surface area contributed by atoms with E-state index in [4.69, 9.17) is 69.6 Å². The summed E-state index contributed by atoms with van der Waals surface area (Å²) in [5.41, 5.74) is 1.00. The van der Waals surface area contributed by atoms with E-state index in [0.29, 0.717) is 4.80 Å². The molecule has 0 bridgehead atoms. The summed E-state index contributed by atoms with van der Waals surface area (Å²) in [4.78, 5) is 17.0. The van der Waals surface area contributed by atoms with Crippen molar-refractivity contribution in [1.82, 2.24) is 19.5 Å². The molecule has 0 spiro atoms. The largest absolute Gasteiger partial charge is 0.319 e. The fourth-order valence-electron chi connectivity index (χ4n) is 1.94. The van der Waals surface area contributed by atoms with Gasteiger partial charge in [-0.1, -0.05) is 93.1 Å². The fraction of sp³-hybridized carbons (Fsp3) is 0.231. The zero-order valence-corrected chi connectivity index (χ0v) is 17.6. The van der Waals surface area contributed by atoms with Gasteiger partial charge in [0, 0.05) is 7.05 Å². The lowest BCUT2D eigenvalue weighted by molar-refractivity contribution is 0.830. The molecule has 0 aliphatic carbocycles. The second-order valence-corrected chi connectivity index (χ2v) is 10.4. The fourth-order valence-corrected chi connectivity index (χ4v) is 3.46. The number of hydrogen-bond donors (Lipinski definition) is 0. The molecule has 3 aromatic rings. The van der Waals surface area contributed by atoms with E-state index in [9.17, 15) is 0 Å². The Balaban J connectivity index is 2.23. The Morgan fingerprint density at radius 1 is 0.920 bits per heavy atom. The van der Waals surface area contributed by atoms with Gasteiger partial charge in [0.25, 0.3) is 5.95 Å². The second-order valence-electron chi connectivity index (χ2n) is 4.80. The average molecular weight is 478 g/mol. The Labute approximate surface area is 176 Å². The predicted octanol–water partition coefficient (Wildman–Crippen LogP) is 5.31. The van der Waals surface area contributed by atoms with Crippen molar-refractivity contribution < 1.29 is 0 Å². The highest BCUT2D eigenvalue weighted by molar-refractivity contribution is 7.16. The van der Waals surface area contributed by atoms with Crippen molar-refractivity contribution in [3.05, 3.63) is 40.7 Å². The van der Waals surface area contributed by atoms with Crippen LogP contribution in [-0.4, -0.2) is 19.5 Å². The summed E-state index contributed by atoms with van der Waals surface area (Å²) in [6.07, 6.45) is 0. The van der Waals surface area contributed by atoms with Gasteiger partial charge >= 0.3 is 0 Å². The van der Waals surface area contributed by atoms with E-state index in [1.165, 1.54) is 11.3 Å². The van der Waals surface area contributed by atoms with Gasteiger partial charge in [-0.3, -0.25) is 0 Å². The van der Waals surface area contributed by atoms with E-state index in [0.717, 1.165) is 10.2 Å². The first-order valence-electron chi connectivity index (χ1n) is 6.55. The first-order valence-corrected chi connectivity index (χ1v) is 9.64. The summed E-state index contributed by atoms with van der Waals surface area (Å²) in [7, 11) is 1.87. The predicted molar refractivity (Wildman–Crippen MR) is 104 cm³/mol. The number of aryl methyl sites for hydroxylation is 1. The van der Waals surface area contributed by atoms with Crippen LogP contribution in [0.1, 0.15) is 11.6 Å². The number of thiazole rings is 1. The molecule has 0 saturated carbocycles. The van der Waals surface area contributed by atoms with Crippen LogP contribution in [0.2, 0.25) is 0 Å². The van der Waals surface area contributed by atoms with Crippen LogP contribution in [0, 0.1) is 0 Å². The number of hydrogen-bond acceptors (Lipinski definition) is 5. The maximum absolute atomic E-state index is 5.86. The molecule has 132 valence electrons. The number of benzene rings is 1. The number of fused-ring (bicyclic) bond motifs is 1. The van der Waals surface area contributed by atoms with Crippen LogP contribution in [0.15, 0.2) is 29.3 Å². The molecule has 0 unspecified atom stereocenters. The summed E-state index contributed by atoms with van der Waals surface area (Å²) < 4.78 is -0.908. The monoisotopic (exact) mass is 475 g/mol. The SMILES string of the molecule is Cn1c(=Nc2nc(C(Cl)(Cl)Cl)nc(C(Cl)(Cl)Cl)n2)sc2ccccc21. The maximum atomic E-state index is 5.86. The van der Waals surface area contributed by atoms with Crippen molar-refractivity contribution in [3.8, 4) is 0 Å². The van der Waals surface area contributed by atoms with E-state index >= 15 is 0 Å². The number of aromatic nitrogens is 4. The van der Waals surface area contributed by atoms with Crippen LogP contribution in [0.25, 0.3) is 10.2 Å². The molecule has 0 aliphatic heterocycles. The zero-order valence-electron chi connectivity index (χ0n) is 12.2. The summed E-state index contributed by atoms with van der Waals surface area (Å²) in [6, 6.07) is 7.82. The Morgan fingerprint density at radius 2 is 1.48 bits per heavy atom. The molecule has 0 saturated heterocycles. The molecule has 0 atom stereocenters. The van der Waals surface area contributed by atoms with E-state index in [1.807, 2.05) is 35.9 Å². The molecule has 25 heavy (non-hydrogen) atoms. The molecular formula is C13H7Cl6N5S. The maximum Gasteiger partial charge on any atom is 0.255 e. The molecular weight excluding hydrogens is 471 g/mol. The molecule has 2 heterocycles. The van der Waals surface area contributed by atoms with Gasteiger partial charge in [-0.2, -0.15) is 15.0 Å². The van der Waals surface area contributed by atoms with Gasteiger partial charge < -0.3 is 4.57 Å². The van der Waals surface area contributed by atoms with Crippen molar-refractivity contribution in [3.63, 3.8) is 0 Å². The van der Waals surface area contributed by atoms with Crippen LogP contribution in [0.5, 0.6) is 0 Å². The van der Waals surface area contributed by atoms with Crippen LogP contribution in [-0.2, 0) is 14.6 Å². The first kappa shape index (κ1) is 19.4. The Hall–Kier alpha value is -0.340. The third-order valence-corrected chi connectivity index (χ3v) is 5.17. The molecule has 0 amide bonds. The van der Waals surface area contributed by atoms with Gasteiger partial charge in [-0.25, -0.2) is 4.98 Å². The van der Waals surface area contributed by atoms with Crippen LogP contribution in [0.3, 0.4) is 0 Å². The number of nitrogens with zero attached hydrogens (tertiary/aromatic N) is 5. The summed E-state index contributed by atoms with van der Waals surface area (Å²) >= 11 is 36.6. The number of alkyl halides is 6. The van der Waals surface area contributed by atoms with Crippen LogP contribution < -0.4 is 4.80 Å². The lowest BCUT2D eigenvalue weighted by Crippen LogP contribution is -2.16. The molecule has 0 radical (unpaired) electrons. The molecule has 2 aromatic heterocycles. The van der Waals surface area contributed by atoms with Crippen molar-refractivity contribution in [2.75, 3.05) is 0 Å². The van der Waals surface area contributed by atoms with Crippen LogP contribution in [0.4, 0.5) is 5.95 Å². The molecule has 5 nitrogen and oxygen atoms in total. The molecule has 0 fully saturated rings. The zero-order chi connectivity index (χ0) is 18.4. The standard InChI is InChI=1S/C13H7Cl6N5S/c1-24-6-4-2-3-5-7(6)25-11(24)23-10-21-8(12(14,15)16)20-9(22-10)13(17,18)19/h2-5H,1H3. The smallest absolute Gasteiger partial charge is 0.255 e. The number of para-hydroxylation sites is 1. The van der Waals surface area contributed by atoms with E-state index < -0.39 is 7.59 Å². The molecule has 0 N–H and O–H groups in total. The highest BCUT2D eigenvalue weighted by Crippen LogP contribution is 2.40. The van der Waals surface area contributed by atoms with Gasteiger partial charge in [-0.05, 0) is 12.1 Å². The third kappa shape index (κ3) is 4.33. The molecule has 1 aromatic carbocycles. The Morgan fingerprint density at radius 3 is 2.00 bits per heavy atom. The highest BCUT2D eigenvalue weighted by atomic mass is 35.6. The summed E-state index contributed by atoms with van der Waals surface area (Å²) in [5, 5.41) is 0. The van der Waals surface area contributed by atoms with E-state index in [2.05, 4.69) is 19.9 Å². The Bertz CT molecular complexity index is 968. The first-order chi connectivity index (χ1) is 11.6. The van der Waals surface area contributed by atoms with Gasteiger partial charge in [-0.15, -0.1) is 0 Å². The normalized spacial score (nSPS) is 13.6. The summed E-state index contributed by atoms with van der Waals surface area (Å²) in [5.74, 6) is -0.396. The van der Waals surface area contributed by atoms with Gasteiger partial charge in [0.05, 0.1) is 10.2 Å². The highest BCUT2D eigenvalue weighted by Gasteiger charge is 2.33. The van der Waals surface area contributed by atoms with Gasteiger partial charge in [0.2, 0.25) is 7.59 Å². The molecule has 3 rings (SSSR count). The molecule has 12 heteroatoms. The number of rotatable bonds is 1. The Kier molecular flexibility index (Phi) is 5.44. The van der Waals surface area contributed by atoms with Gasteiger partial charge in [0.15, 0.2) is 16.5 Å². The van der Waals surface area contributed by atoms with Crippen molar-refractivity contribution >= 4 is 97.1 Å². The van der Waals surface area contributed by atoms with Crippen molar-refractivity contribution in [2.45, 2.75) is 7.59 Å². The summed E-state index contributed by atoms with van der Waals surface area (Å²) in [6.45, 7) is 0. The topological polar surface area (TPSA) is 56.0 Å². The van der Waals surface area contributed by atoms with E-state index in [1.54, 1.807) is 0 Å². The quantitative estimate of drug-likeness (QED) is 0.446. The van der Waals surface area contributed by atoms with Gasteiger partial charge in [0.1, 0.15) is 0 Å².